The highest BCUT2D eigenvalue weighted by Gasteiger charge is 2.12. The smallest absolute Gasteiger partial charge is 0.234 e. The standard InChI is InChI=1S/C16H19FN4O/c17-14-3-1-13(2-4-14)5-10-22-16-12-19-11-15(20-16)21-8-6-18-7-9-21/h1-4,11-12,18H,5-10H2. The molecule has 1 N–H and O–H groups in total. The zero-order valence-electron chi connectivity index (χ0n) is 12.3. The van der Waals surface area contributed by atoms with E-state index in [0.29, 0.717) is 18.9 Å². The van der Waals surface area contributed by atoms with Crippen molar-refractivity contribution in [3.05, 3.63) is 48.0 Å². The summed E-state index contributed by atoms with van der Waals surface area (Å²) in [5.74, 6) is 1.15. The molecule has 0 amide bonds. The molecule has 1 fully saturated rings. The second-order valence-corrected chi connectivity index (χ2v) is 5.18. The lowest BCUT2D eigenvalue weighted by molar-refractivity contribution is 0.308. The van der Waals surface area contributed by atoms with Gasteiger partial charge in [0.05, 0.1) is 19.0 Å². The second-order valence-electron chi connectivity index (χ2n) is 5.18. The minimum absolute atomic E-state index is 0.223. The van der Waals surface area contributed by atoms with Crippen LogP contribution in [0.4, 0.5) is 10.2 Å². The number of nitrogens with one attached hydrogen (secondary N) is 1. The van der Waals surface area contributed by atoms with Gasteiger partial charge >= 0.3 is 0 Å². The van der Waals surface area contributed by atoms with Crippen LogP contribution in [0, 0.1) is 5.82 Å². The van der Waals surface area contributed by atoms with Gasteiger partial charge in [-0.25, -0.2) is 4.39 Å². The molecule has 1 aliphatic heterocycles. The van der Waals surface area contributed by atoms with Gasteiger partial charge in [-0.3, -0.25) is 4.98 Å². The molecule has 116 valence electrons. The minimum Gasteiger partial charge on any atom is -0.476 e. The Balaban J connectivity index is 1.55. The highest BCUT2D eigenvalue weighted by molar-refractivity contribution is 5.38. The largest absolute Gasteiger partial charge is 0.476 e. The van der Waals surface area contributed by atoms with Crippen molar-refractivity contribution in [2.24, 2.45) is 0 Å². The van der Waals surface area contributed by atoms with Crippen LogP contribution in [0.1, 0.15) is 5.56 Å². The summed E-state index contributed by atoms with van der Waals surface area (Å²) in [5, 5.41) is 3.31. The molecule has 1 saturated heterocycles. The first-order valence-corrected chi connectivity index (χ1v) is 7.46. The fourth-order valence-corrected chi connectivity index (χ4v) is 2.38. The average Bonchev–Trinajstić information content (AvgIpc) is 2.58. The van der Waals surface area contributed by atoms with Crippen molar-refractivity contribution in [3.8, 4) is 5.88 Å². The monoisotopic (exact) mass is 302 g/mol. The maximum atomic E-state index is 12.8. The number of rotatable bonds is 5. The van der Waals surface area contributed by atoms with E-state index in [2.05, 4.69) is 20.2 Å². The molecule has 0 saturated carbocycles. The highest BCUT2D eigenvalue weighted by atomic mass is 19.1. The minimum atomic E-state index is -0.223. The van der Waals surface area contributed by atoms with Crippen LogP contribution < -0.4 is 15.0 Å². The van der Waals surface area contributed by atoms with Gasteiger partial charge in [0, 0.05) is 32.6 Å². The quantitative estimate of drug-likeness (QED) is 0.910. The summed E-state index contributed by atoms with van der Waals surface area (Å²) >= 11 is 0. The van der Waals surface area contributed by atoms with Crippen LogP contribution in [0.2, 0.25) is 0 Å². The lowest BCUT2D eigenvalue weighted by atomic mass is 10.2. The molecule has 2 heterocycles. The summed E-state index contributed by atoms with van der Waals surface area (Å²) in [6.45, 7) is 4.25. The predicted molar refractivity (Wildman–Crippen MR) is 82.7 cm³/mol. The van der Waals surface area contributed by atoms with Crippen LogP contribution in [0.5, 0.6) is 5.88 Å². The van der Waals surface area contributed by atoms with E-state index in [-0.39, 0.29) is 5.82 Å². The Labute approximate surface area is 129 Å². The second kappa shape index (κ2) is 7.17. The Bertz CT molecular complexity index is 599. The van der Waals surface area contributed by atoms with E-state index >= 15 is 0 Å². The number of piperazine rings is 1. The van der Waals surface area contributed by atoms with Crippen molar-refractivity contribution in [1.29, 1.82) is 0 Å². The normalized spacial score (nSPS) is 14.9. The summed E-state index contributed by atoms with van der Waals surface area (Å²) < 4.78 is 18.5. The molecule has 0 radical (unpaired) electrons. The Morgan fingerprint density at radius 1 is 1.14 bits per heavy atom. The van der Waals surface area contributed by atoms with E-state index in [9.17, 15) is 4.39 Å². The zero-order valence-corrected chi connectivity index (χ0v) is 12.3. The molecule has 0 atom stereocenters. The van der Waals surface area contributed by atoms with E-state index in [4.69, 9.17) is 4.74 Å². The van der Waals surface area contributed by atoms with Gasteiger partial charge in [0.1, 0.15) is 5.82 Å². The Morgan fingerprint density at radius 2 is 1.91 bits per heavy atom. The van der Waals surface area contributed by atoms with E-state index in [0.717, 1.165) is 37.6 Å². The molecule has 0 unspecified atom stereocenters. The van der Waals surface area contributed by atoms with Crippen molar-refractivity contribution in [2.75, 3.05) is 37.7 Å². The Kier molecular flexibility index (Phi) is 4.80. The molecule has 3 rings (SSSR count). The van der Waals surface area contributed by atoms with Gasteiger partial charge in [-0.2, -0.15) is 4.98 Å². The number of hydrogen-bond donors (Lipinski definition) is 1. The van der Waals surface area contributed by atoms with E-state index < -0.39 is 0 Å². The molecule has 2 aromatic rings. The Hall–Kier alpha value is -2.21. The van der Waals surface area contributed by atoms with Crippen LogP contribution in [-0.4, -0.2) is 42.8 Å². The molecule has 1 aromatic carbocycles. The maximum Gasteiger partial charge on any atom is 0.234 e. The number of aromatic nitrogens is 2. The lowest BCUT2D eigenvalue weighted by Crippen LogP contribution is -2.43. The van der Waals surface area contributed by atoms with Gasteiger partial charge in [0.25, 0.3) is 0 Å². The summed E-state index contributed by atoms with van der Waals surface area (Å²) in [5.41, 5.74) is 1.03. The number of anilines is 1. The SMILES string of the molecule is Fc1ccc(CCOc2cncc(N3CCNCC3)n2)cc1. The van der Waals surface area contributed by atoms with Crippen LogP contribution >= 0.6 is 0 Å². The van der Waals surface area contributed by atoms with Gasteiger partial charge < -0.3 is 15.0 Å². The third-order valence-electron chi connectivity index (χ3n) is 3.59. The van der Waals surface area contributed by atoms with E-state index in [1.807, 2.05) is 0 Å². The van der Waals surface area contributed by atoms with Gasteiger partial charge in [-0.1, -0.05) is 12.1 Å². The van der Waals surface area contributed by atoms with Gasteiger partial charge in [0.15, 0.2) is 5.82 Å². The first-order chi connectivity index (χ1) is 10.8. The maximum absolute atomic E-state index is 12.8. The van der Waals surface area contributed by atoms with Gasteiger partial charge in [-0.05, 0) is 17.7 Å². The van der Waals surface area contributed by atoms with Crippen LogP contribution in [0.15, 0.2) is 36.7 Å². The molecule has 5 nitrogen and oxygen atoms in total. The topological polar surface area (TPSA) is 50.3 Å². The van der Waals surface area contributed by atoms with Gasteiger partial charge in [-0.15, -0.1) is 0 Å². The Morgan fingerprint density at radius 3 is 2.68 bits per heavy atom. The van der Waals surface area contributed by atoms with Crippen LogP contribution in [0.25, 0.3) is 0 Å². The molecular formula is C16H19FN4O. The van der Waals surface area contributed by atoms with Crippen molar-refractivity contribution >= 4 is 5.82 Å². The molecule has 22 heavy (non-hydrogen) atoms. The first-order valence-electron chi connectivity index (χ1n) is 7.46. The van der Waals surface area contributed by atoms with E-state index in [1.54, 1.807) is 24.5 Å². The predicted octanol–water partition coefficient (Wildman–Crippen LogP) is 1.65. The molecular weight excluding hydrogens is 283 g/mol. The number of hydrogen-bond acceptors (Lipinski definition) is 5. The summed E-state index contributed by atoms with van der Waals surface area (Å²) in [4.78, 5) is 10.9. The van der Waals surface area contributed by atoms with Crippen molar-refractivity contribution in [2.45, 2.75) is 6.42 Å². The van der Waals surface area contributed by atoms with Crippen molar-refractivity contribution in [1.82, 2.24) is 15.3 Å². The van der Waals surface area contributed by atoms with Crippen molar-refractivity contribution in [3.63, 3.8) is 0 Å². The van der Waals surface area contributed by atoms with Crippen molar-refractivity contribution < 1.29 is 9.13 Å². The molecule has 0 aliphatic carbocycles. The molecule has 1 aromatic heterocycles. The number of nitrogens with zero attached hydrogens (tertiary/aromatic N) is 3. The fourth-order valence-electron chi connectivity index (χ4n) is 2.38. The number of halogens is 1. The zero-order chi connectivity index (χ0) is 15.2. The summed E-state index contributed by atoms with van der Waals surface area (Å²) in [7, 11) is 0. The number of benzene rings is 1. The molecule has 1 aliphatic rings. The first kappa shape index (κ1) is 14.7. The molecule has 6 heteroatoms. The fraction of sp³-hybridized carbons (Fsp3) is 0.375. The highest BCUT2D eigenvalue weighted by Crippen LogP contribution is 2.14. The summed E-state index contributed by atoms with van der Waals surface area (Å²) in [6, 6.07) is 6.45. The third-order valence-corrected chi connectivity index (χ3v) is 3.59. The lowest BCUT2D eigenvalue weighted by Gasteiger charge is -2.28. The summed E-state index contributed by atoms with van der Waals surface area (Å²) in [6.07, 6.45) is 4.09. The van der Waals surface area contributed by atoms with Crippen LogP contribution in [-0.2, 0) is 6.42 Å². The number of ether oxygens (including phenoxy) is 1. The molecule has 0 spiro atoms. The molecule has 0 bridgehead atoms. The van der Waals surface area contributed by atoms with Crippen LogP contribution in [0.3, 0.4) is 0 Å². The third kappa shape index (κ3) is 3.92. The average molecular weight is 302 g/mol. The van der Waals surface area contributed by atoms with E-state index in [1.165, 1.54) is 12.1 Å². The van der Waals surface area contributed by atoms with Gasteiger partial charge in [0.2, 0.25) is 5.88 Å².